The lowest BCUT2D eigenvalue weighted by molar-refractivity contribution is -0.0252. The van der Waals surface area contributed by atoms with E-state index in [0.29, 0.717) is 25.3 Å². The Morgan fingerprint density at radius 1 is 1.65 bits per heavy atom. The predicted octanol–water partition coefficient (Wildman–Crippen LogP) is 0.735. The molecule has 2 rings (SSSR count). The zero-order valence-electron chi connectivity index (χ0n) is 12.3. The highest BCUT2D eigenvalue weighted by Crippen LogP contribution is 2.24. The number of aromatic nitrogens is 2. The minimum Gasteiger partial charge on any atom is -0.385 e. The monoisotopic (exact) mass is 281 g/mol. The Hall–Kier alpha value is -1.40. The van der Waals surface area contributed by atoms with Crippen LogP contribution in [0.3, 0.4) is 0 Å². The smallest absolute Gasteiger partial charge is 0.269 e. The molecule has 1 aromatic heterocycles. The lowest BCUT2D eigenvalue weighted by atomic mass is 9.97. The van der Waals surface area contributed by atoms with E-state index in [1.807, 2.05) is 20.8 Å². The highest BCUT2D eigenvalue weighted by atomic mass is 16.5. The van der Waals surface area contributed by atoms with Crippen LogP contribution in [0.25, 0.3) is 0 Å². The molecule has 6 heteroatoms. The number of nitrogens with one attached hydrogen (secondary N) is 1. The van der Waals surface area contributed by atoms with Gasteiger partial charge in [-0.1, -0.05) is 6.92 Å². The molecule has 0 aliphatic carbocycles. The summed E-state index contributed by atoms with van der Waals surface area (Å²) in [5.41, 5.74) is 0.466. The first-order chi connectivity index (χ1) is 9.50. The van der Waals surface area contributed by atoms with Crippen molar-refractivity contribution in [3.63, 3.8) is 0 Å². The number of hydrogen-bond donors (Lipinski definition) is 2. The number of aryl methyl sites for hydroxylation is 2. The van der Waals surface area contributed by atoms with E-state index in [0.717, 1.165) is 12.1 Å². The normalized spacial score (nSPS) is 25.9. The summed E-state index contributed by atoms with van der Waals surface area (Å²) in [7, 11) is 0. The quantitative estimate of drug-likeness (QED) is 0.834. The van der Waals surface area contributed by atoms with Crippen LogP contribution in [-0.4, -0.2) is 45.7 Å². The van der Waals surface area contributed by atoms with Crippen LogP contribution in [0, 0.1) is 0 Å². The van der Waals surface area contributed by atoms with E-state index in [2.05, 4.69) is 10.4 Å². The second-order valence-electron chi connectivity index (χ2n) is 5.24. The van der Waals surface area contributed by atoms with E-state index >= 15 is 0 Å². The van der Waals surface area contributed by atoms with E-state index in [-0.39, 0.29) is 18.6 Å². The van der Waals surface area contributed by atoms with Crippen molar-refractivity contribution in [1.82, 2.24) is 15.1 Å². The summed E-state index contributed by atoms with van der Waals surface area (Å²) in [5.74, 6) is -0.202. The third-order valence-electron chi connectivity index (χ3n) is 3.94. The molecular formula is C14H23N3O3. The molecule has 1 aliphatic rings. The summed E-state index contributed by atoms with van der Waals surface area (Å²) < 4.78 is 7.04. The average molecular weight is 281 g/mol. The number of carbonyl (C=O) groups excluding carboxylic acids is 1. The minimum atomic E-state index is -0.972. The topological polar surface area (TPSA) is 76.4 Å². The van der Waals surface area contributed by atoms with Crippen molar-refractivity contribution in [3.05, 3.63) is 17.5 Å². The third-order valence-corrected chi connectivity index (χ3v) is 3.94. The molecule has 1 saturated heterocycles. The largest absolute Gasteiger partial charge is 0.385 e. The number of aliphatic hydroxyl groups is 1. The summed E-state index contributed by atoms with van der Waals surface area (Å²) in [4.78, 5) is 12.2. The van der Waals surface area contributed by atoms with Crippen LogP contribution in [0.1, 0.15) is 43.4 Å². The van der Waals surface area contributed by atoms with E-state index in [4.69, 9.17) is 4.74 Å². The molecule has 1 aliphatic heterocycles. The summed E-state index contributed by atoms with van der Waals surface area (Å²) in [5, 5.41) is 17.5. The van der Waals surface area contributed by atoms with Gasteiger partial charge in [0.05, 0.1) is 11.8 Å². The summed E-state index contributed by atoms with van der Waals surface area (Å²) in [6, 6.07) is 1.80. The van der Waals surface area contributed by atoms with Gasteiger partial charge in [0.2, 0.25) is 0 Å². The number of nitrogens with zero attached hydrogens (tertiary/aromatic N) is 2. The van der Waals surface area contributed by atoms with Gasteiger partial charge in [0.1, 0.15) is 11.3 Å². The molecule has 112 valence electrons. The van der Waals surface area contributed by atoms with E-state index in [1.54, 1.807) is 10.7 Å². The molecule has 1 amide bonds. The maximum absolute atomic E-state index is 12.2. The summed E-state index contributed by atoms with van der Waals surface area (Å²) >= 11 is 0. The van der Waals surface area contributed by atoms with E-state index < -0.39 is 5.60 Å². The second kappa shape index (κ2) is 5.93. The highest BCUT2D eigenvalue weighted by molar-refractivity contribution is 5.92. The Bertz CT molecular complexity index is 486. The first-order valence-corrected chi connectivity index (χ1v) is 7.19. The molecule has 1 aromatic rings. The molecular weight excluding hydrogens is 258 g/mol. The van der Waals surface area contributed by atoms with Crippen molar-refractivity contribution in [2.24, 2.45) is 0 Å². The van der Waals surface area contributed by atoms with Gasteiger partial charge in [-0.05, 0) is 26.3 Å². The van der Waals surface area contributed by atoms with Gasteiger partial charge in [-0.25, -0.2) is 0 Å². The van der Waals surface area contributed by atoms with E-state index in [9.17, 15) is 9.90 Å². The van der Waals surface area contributed by atoms with Crippen LogP contribution in [0.4, 0.5) is 0 Å². The van der Waals surface area contributed by atoms with Crippen molar-refractivity contribution in [3.8, 4) is 0 Å². The lowest BCUT2D eigenvalue weighted by Crippen LogP contribution is -2.47. The number of hydrogen-bond acceptors (Lipinski definition) is 4. The average Bonchev–Trinajstić information content (AvgIpc) is 3.01. The molecule has 2 unspecified atom stereocenters. The maximum Gasteiger partial charge on any atom is 0.269 e. The maximum atomic E-state index is 12.2. The van der Waals surface area contributed by atoms with Gasteiger partial charge in [-0.3, -0.25) is 9.48 Å². The highest BCUT2D eigenvalue weighted by Gasteiger charge is 2.39. The fraction of sp³-hybridized carbons (Fsp3) is 0.714. The molecule has 0 aromatic carbocycles. The first-order valence-electron chi connectivity index (χ1n) is 7.19. The molecule has 2 heterocycles. The van der Waals surface area contributed by atoms with Crippen molar-refractivity contribution in [2.45, 2.75) is 51.9 Å². The standard InChI is InChI=1S/C14H23N3O3/c1-4-11-8-12(17(5-2)16-11)13(18)15-9-14(19)6-7-20-10(14)3/h8,10,19H,4-7,9H2,1-3H3,(H,15,18). The lowest BCUT2D eigenvalue weighted by Gasteiger charge is -2.26. The van der Waals surface area contributed by atoms with Gasteiger partial charge < -0.3 is 15.2 Å². The van der Waals surface area contributed by atoms with Crippen LogP contribution in [-0.2, 0) is 17.7 Å². The van der Waals surface area contributed by atoms with Crippen LogP contribution in [0.5, 0.6) is 0 Å². The van der Waals surface area contributed by atoms with Crippen molar-refractivity contribution >= 4 is 5.91 Å². The second-order valence-corrected chi connectivity index (χ2v) is 5.24. The minimum absolute atomic E-state index is 0.198. The van der Waals surface area contributed by atoms with Crippen molar-refractivity contribution in [1.29, 1.82) is 0 Å². The van der Waals surface area contributed by atoms with Crippen LogP contribution in [0.15, 0.2) is 6.07 Å². The third kappa shape index (κ3) is 2.86. The van der Waals surface area contributed by atoms with Gasteiger partial charge in [0, 0.05) is 26.1 Å². The molecule has 0 saturated carbocycles. The van der Waals surface area contributed by atoms with Gasteiger partial charge in [-0.15, -0.1) is 0 Å². The number of carbonyl (C=O) groups is 1. The Kier molecular flexibility index (Phi) is 4.45. The SMILES string of the molecule is CCc1cc(C(=O)NCC2(O)CCOC2C)n(CC)n1. The summed E-state index contributed by atoms with van der Waals surface area (Å²) in [6.45, 7) is 7.15. The van der Waals surface area contributed by atoms with Crippen LogP contribution >= 0.6 is 0 Å². The van der Waals surface area contributed by atoms with Gasteiger partial charge >= 0.3 is 0 Å². The Balaban J connectivity index is 2.03. The first kappa shape index (κ1) is 15.0. The molecule has 20 heavy (non-hydrogen) atoms. The van der Waals surface area contributed by atoms with Crippen LogP contribution < -0.4 is 5.32 Å². The number of amides is 1. The Labute approximate surface area is 119 Å². The molecule has 0 radical (unpaired) electrons. The summed E-state index contributed by atoms with van der Waals surface area (Å²) in [6.07, 6.45) is 1.08. The zero-order chi connectivity index (χ0) is 14.8. The van der Waals surface area contributed by atoms with Gasteiger partial charge in [0.15, 0.2) is 0 Å². The zero-order valence-corrected chi connectivity index (χ0v) is 12.3. The molecule has 2 N–H and O–H groups in total. The van der Waals surface area contributed by atoms with Crippen molar-refractivity contribution < 1.29 is 14.6 Å². The van der Waals surface area contributed by atoms with Gasteiger partial charge in [-0.2, -0.15) is 5.10 Å². The fourth-order valence-electron chi connectivity index (χ4n) is 2.39. The molecule has 2 atom stereocenters. The predicted molar refractivity (Wildman–Crippen MR) is 74.6 cm³/mol. The number of ether oxygens (including phenoxy) is 1. The fourth-order valence-corrected chi connectivity index (χ4v) is 2.39. The molecule has 0 spiro atoms. The van der Waals surface area contributed by atoms with E-state index in [1.165, 1.54) is 0 Å². The van der Waals surface area contributed by atoms with Crippen molar-refractivity contribution in [2.75, 3.05) is 13.2 Å². The molecule has 6 nitrogen and oxygen atoms in total. The molecule has 0 bridgehead atoms. The Morgan fingerprint density at radius 2 is 2.40 bits per heavy atom. The number of rotatable bonds is 5. The van der Waals surface area contributed by atoms with Crippen LogP contribution in [0.2, 0.25) is 0 Å². The Morgan fingerprint density at radius 3 is 2.95 bits per heavy atom. The molecule has 1 fully saturated rings. The van der Waals surface area contributed by atoms with Gasteiger partial charge in [0.25, 0.3) is 5.91 Å².